The summed E-state index contributed by atoms with van der Waals surface area (Å²) in [6, 6.07) is 7.68. The van der Waals surface area contributed by atoms with Crippen LogP contribution >= 0.6 is 0 Å². The zero-order chi connectivity index (χ0) is 15.9. The van der Waals surface area contributed by atoms with Crippen LogP contribution in [-0.4, -0.2) is 48.4 Å². The molecule has 1 aliphatic rings. The fourth-order valence-electron chi connectivity index (χ4n) is 3.13. The highest BCUT2D eigenvalue weighted by Gasteiger charge is 2.24. The standard InChI is InChI=1S/C18H29N3O/c1-3-20(4-2)14-16-9-11-21(12-10-16)18(22)17-7-5-15(13-19)6-8-17/h5-8,16H,3-4,9-14,19H2,1-2H3. The average molecular weight is 303 g/mol. The van der Waals surface area contributed by atoms with Gasteiger partial charge in [-0.25, -0.2) is 0 Å². The number of amides is 1. The fraction of sp³-hybridized carbons (Fsp3) is 0.611. The molecule has 1 fully saturated rings. The van der Waals surface area contributed by atoms with Crippen molar-refractivity contribution >= 4 is 5.91 Å². The van der Waals surface area contributed by atoms with Gasteiger partial charge in [-0.15, -0.1) is 0 Å². The van der Waals surface area contributed by atoms with Gasteiger partial charge in [-0.1, -0.05) is 26.0 Å². The molecule has 0 spiro atoms. The summed E-state index contributed by atoms with van der Waals surface area (Å²) >= 11 is 0. The lowest BCUT2D eigenvalue weighted by atomic mass is 9.95. The second kappa shape index (κ2) is 8.30. The predicted octanol–water partition coefficient (Wildman–Crippen LogP) is 2.34. The van der Waals surface area contributed by atoms with Crippen LogP contribution in [0.25, 0.3) is 0 Å². The molecule has 2 rings (SSSR count). The molecule has 1 aliphatic heterocycles. The van der Waals surface area contributed by atoms with E-state index < -0.39 is 0 Å². The molecule has 0 bridgehead atoms. The van der Waals surface area contributed by atoms with Gasteiger partial charge in [0.15, 0.2) is 0 Å². The number of hydrogen-bond donors (Lipinski definition) is 1. The van der Waals surface area contributed by atoms with Crippen molar-refractivity contribution in [2.24, 2.45) is 11.7 Å². The van der Waals surface area contributed by atoms with Gasteiger partial charge in [0.1, 0.15) is 0 Å². The second-order valence-corrected chi connectivity index (χ2v) is 6.12. The van der Waals surface area contributed by atoms with E-state index in [9.17, 15) is 4.79 Å². The van der Waals surface area contributed by atoms with Crippen molar-refractivity contribution in [2.75, 3.05) is 32.7 Å². The number of hydrogen-bond acceptors (Lipinski definition) is 3. The summed E-state index contributed by atoms with van der Waals surface area (Å²) in [4.78, 5) is 17.0. The Kier molecular flexibility index (Phi) is 6.40. The number of nitrogens with zero attached hydrogens (tertiary/aromatic N) is 2. The topological polar surface area (TPSA) is 49.6 Å². The summed E-state index contributed by atoms with van der Waals surface area (Å²) in [5.41, 5.74) is 7.44. The lowest BCUT2D eigenvalue weighted by Crippen LogP contribution is -2.41. The quantitative estimate of drug-likeness (QED) is 0.877. The number of carbonyl (C=O) groups is 1. The van der Waals surface area contributed by atoms with Crippen molar-refractivity contribution in [3.63, 3.8) is 0 Å². The largest absolute Gasteiger partial charge is 0.339 e. The predicted molar refractivity (Wildman–Crippen MR) is 90.7 cm³/mol. The van der Waals surface area contributed by atoms with E-state index in [4.69, 9.17) is 5.73 Å². The normalized spacial score (nSPS) is 16.3. The molecule has 0 aliphatic carbocycles. The van der Waals surface area contributed by atoms with E-state index in [0.717, 1.165) is 56.1 Å². The summed E-state index contributed by atoms with van der Waals surface area (Å²) in [6.45, 7) is 10.1. The van der Waals surface area contributed by atoms with Crippen LogP contribution in [0, 0.1) is 5.92 Å². The molecule has 1 aromatic rings. The van der Waals surface area contributed by atoms with E-state index in [-0.39, 0.29) is 5.91 Å². The molecular formula is C18H29N3O. The number of benzene rings is 1. The molecule has 0 atom stereocenters. The number of rotatable bonds is 6. The summed E-state index contributed by atoms with van der Waals surface area (Å²) in [7, 11) is 0. The van der Waals surface area contributed by atoms with E-state index >= 15 is 0 Å². The van der Waals surface area contributed by atoms with Crippen molar-refractivity contribution in [1.82, 2.24) is 9.80 Å². The highest BCUT2D eigenvalue weighted by atomic mass is 16.2. The highest BCUT2D eigenvalue weighted by Crippen LogP contribution is 2.20. The molecular weight excluding hydrogens is 274 g/mol. The molecule has 1 aromatic carbocycles. The molecule has 1 saturated heterocycles. The monoisotopic (exact) mass is 303 g/mol. The van der Waals surface area contributed by atoms with Gasteiger partial charge in [0, 0.05) is 31.7 Å². The van der Waals surface area contributed by atoms with Crippen molar-refractivity contribution < 1.29 is 4.79 Å². The number of piperidine rings is 1. The van der Waals surface area contributed by atoms with Gasteiger partial charge >= 0.3 is 0 Å². The minimum atomic E-state index is 0.157. The Bertz CT molecular complexity index is 460. The third-order valence-corrected chi connectivity index (χ3v) is 4.75. The molecule has 0 unspecified atom stereocenters. The van der Waals surface area contributed by atoms with E-state index in [1.165, 1.54) is 6.54 Å². The molecule has 0 radical (unpaired) electrons. The summed E-state index contributed by atoms with van der Waals surface area (Å²) in [5, 5.41) is 0. The van der Waals surface area contributed by atoms with Crippen LogP contribution in [-0.2, 0) is 6.54 Å². The van der Waals surface area contributed by atoms with Gasteiger partial charge in [0.05, 0.1) is 0 Å². The van der Waals surface area contributed by atoms with Crippen LogP contribution in [0.15, 0.2) is 24.3 Å². The summed E-state index contributed by atoms with van der Waals surface area (Å²) in [5.74, 6) is 0.883. The Morgan fingerprint density at radius 3 is 2.27 bits per heavy atom. The molecule has 0 aromatic heterocycles. The van der Waals surface area contributed by atoms with Gasteiger partial charge in [-0.3, -0.25) is 4.79 Å². The maximum atomic E-state index is 12.5. The first-order chi connectivity index (χ1) is 10.7. The molecule has 4 nitrogen and oxygen atoms in total. The zero-order valence-electron chi connectivity index (χ0n) is 13.9. The van der Waals surface area contributed by atoms with Crippen LogP contribution in [0.3, 0.4) is 0 Å². The minimum Gasteiger partial charge on any atom is -0.339 e. The molecule has 1 heterocycles. The first-order valence-electron chi connectivity index (χ1n) is 8.48. The van der Waals surface area contributed by atoms with Gasteiger partial charge in [-0.05, 0) is 49.5 Å². The molecule has 22 heavy (non-hydrogen) atoms. The highest BCUT2D eigenvalue weighted by molar-refractivity contribution is 5.94. The first kappa shape index (κ1) is 17.0. The van der Waals surface area contributed by atoms with Crippen LogP contribution < -0.4 is 5.73 Å². The Morgan fingerprint density at radius 2 is 1.77 bits per heavy atom. The van der Waals surface area contributed by atoms with Crippen molar-refractivity contribution in [2.45, 2.75) is 33.2 Å². The maximum absolute atomic E-state index is 12.5. The Morgan fingerprint density at radius 1 is 1.18 bits per heavy atom. The lowest BCUT2D eigenvalue weighted by Gasteiger charge is -2.34. The smallest absolute Gasteiger partial charge is 0.253 e. The fourth-order valence-corrected chi connectivity index (χ4v) is 3.13. The number of carbonyl (C=O) groups excluding carboxylic acids is 1. The van der Waals surface area contributed by atoms with Crippen LogP contribution in [0.5, 0.6) is 0 Å². The SMILES string of the molecule is CCN(CC)CC1CCN(C(=O)c2ccc(CN)cc2)CC1. The molecule has 4 heteroatoms. The minimum absolute atomic E-state index is 0.157. The Balaban J connectivity index is 1.86. The van der Waals surface area contributed by atoms with Crippen LogP contribution in [0.1, 0.15) is 42.6 Å². The molecule has 0 saturated carbocycles. The summed E-state index contributed by atoms with van der Waals surface area (Å²) < 4.78 is 0. The van der Waals surface area contributed by atoms with E-state index in [1.54, 1.807) is 0 Å². The van der Waals surface area contributed by atoms with E-state index in [2.05, 4.69) is 18.7 Å². The van der Waals surface area contributed by atoms with Gasteiger partial charge in [0.25, 0.3) is 5.91 Å². The second-order valence-electron chi connectivity index (χ2n) is 6.12. The summed E-state index contributed by atoms with van der Waals surface area (Å²) in [6.07, 6.45) is 2.23. The number of nitrogens with two attached hydrogens (primary N) is 1. The maximum Gasteiger partial charge on any atom is 0.253 e. The van der Waals surface area contributed by atoms with Gasteiger partial charge in [0.2, 0.25) is 0 Å². The molecule has 122 valence electrons. The first-order valence-corrected chi connectivity index (χ1v) is 8.48. The van der Waals surface area contributed by atoms with Crippen LogP contribution in [0.4, 0.5) is 0 Å². The van der Waals surface area contributed by atoms with Gasteiger partial charge < -0.3 is 15.5 Å². The third kappa shape index (κ3) is 4.31. The molecule has 1 amide bonds. The lowest BCUT2D eigenvalue weighted by molar-refractivity contribution is 0.0669. The zero-order valence-corrected chi connectivity index (χ0v) is 13.9. The average Bonchev–Trinajstić information content (AvgIpc) is 2.59. The van der Waals surface area contributed by atoms with E-state index in [1.807, 2.05) is 29.2 Å². The molecule has 2 N–H and O–H groups in total. The number of likely N-dealkylation sites (tertiary alicyclic amines) is 1. The van der Waals surface area contributed by atoms with E-state index in [0.29, 0.717) is 6.54 Å². The van der Waals surface area contributed by atoms with Crippen molar-refractivity contribution in [3.05, 3.63) is 35.4 Å². The third-order valence-electron chi connectivity index (χ3n) is 4.75. The van der Waals surface area contributed by atoms with Crippen LogP contribution in [0.2, 0.25) is 0 Å². The Labute approximate surface area is 134 Å². The van der Waals surface area contributed by atoms with Crippen molar-refractivity contribution in [3.8, 4) is 0 Å². The van der Waals surface area contributed by atoms with Gasteiger partial charge in [-0.2, -0.15) is 0 Å². The van der Waals surface area contributed by atoms with Crippen molar-refractivity contribution in [1.29, 1.82) is 0 Å². The Hall–Kier alpha value is -1.39.